The number of hydrogen-bond acceptors (Lipinski definition) is 4. The van der Waals surface area contributed by atoms with E-state index in [2.05, 4.69) is 13.0 Å². The first-order valence-electron chi connectivity index (χ1n) is 9.57. The van der Waals surface area contributed by atoms with E-state index in [0.29, 0.717) is 25.2 Å². The Morgan fingerprint density at radius 3 is 2.72 bits per heavy atom. The van der Waals surface area contributed by atoms with E-state index in [0.717, 1.165) is 25.7 Å². The zero-order valence-corrected chi connectivity index (χ0v) is 15.2. The van der Waals surface area contributed by atoms with Crippen LogP contribution in [0.4, 0.5) is 0 Å². The summed E-state index contributed by atoms with van der Waals surface area (Å²) in [5.74, 6) is 0.454. The molecule has 0 unspecified atom stereocenters. The van der Waals surface area contributed by atoms with Gasteiger partial charge in [0.2, 0.25) is 0 Å². The van der Waals surface area contributed by atoms with Gasteiger partial charge in [0.05, 0.1) is 0 Å². The summed E-state index contributed by atoms with van der Waals surface area (Å²) in [4.78, 5) is 24.2. The lowest BCUT2D eigenvalue weighted by atomic mass is 9.50. The van der Waals surface area contributed by atoms with Crippen LogP contribution in [0.25, 0.3) is 0 Å². The number of carbonyl (C=O) groups excluding carboxylic acids is 2. The molecule has 136 valence electrons. The van der Waals surface area contributed by atoms with E-state index in [1.165, 1.54) is 11.1 Å². The zero-order chi connectivity index (χ0) is 18.0. The van der Waals surface area contributed by atoms with Gasteiger partial charge in [0.1, 0.15) is 12.2 Å². The number of aliphatic hydroxyl groups excluding tert-OH is 1. The van der Waals surface area contributed by atoms with Crippen LogP contribution in [-0.2, 0) is 9.59 Å². The molecule has 4 aliphatic carbocycles. The third-order valence-corrected chi connectivity index (χ3v) is 8.09. The van der Waals surface area contributed by atoms with Gasteiger partial charge in [-0.05, 0) is 56.4 Å². The van der Waals surface area contributed by atoms with E-state index >= 15 is 0 Å². The average Bonchev–Trinajstić information content (AvgIpc) is 2.87. The molecule has 2 fully saturated rings. The lowest BCUT2D eigenvalue weighted by molar-refractivity contribution is -0.155. The Labute approximate surface area is 149 Å². The molecule has 4 aliphatic rings. The predicted octanol–water partition coefficient (Wildman–Crippen LogP) is 2.73. The van der Waals surface area contributed by atoms with Crippen molar-refractivity contribution in [2.24, 2.45) is 22.7 Å². The van der Waals surface area contributed by atoms with Crippen molar-refractivity contribution in [2.45, 2.75) is 64.4 Å². The second-order valence-electron chi connectivity index (χ2n) is 8.98. The van der Waals surface area contributed by atoms with Crippen molar-refractivity contribution < 1.29 is 19.8 Å². The molecule has 0 aromatic carbocycles. The topological polar surface area (TPSA) is 74.6 Å². The number of fused-ring (bicyclic) bond motifs is 5. The van der Waals surface area contributed by atoms with Crippen molar-refractivity contribution in [2.75, 3.05) is 6.61 Å². The molecule has 2 N–H and O–H groups in total. The Bertz CT molecular complexity index is 705. The molecule has 0 amide bonds. The second-order valence-corrected chi connectivity index (χ2v) is 8.98. The van der Waals surface area contributed by atoms with Crippen LogP contribution >= 0.6 is 0 Å². The Kier molecular flexibility index (Phi) is 3.69. The molecule has 0 radical (unpaired) electrons. The Hall–Kier alpha value is -1.26. The number of rotatable bonds is 2. The van der Waals surface area contributed by atoms with Gasteiger partial charge in [-0.3, -0.25) is 9.59 Å². The van der Waals surface area contributed by atoms with Crippen molar-refractivity contribution in [3.05, 3.63) is 23.3 Å². The minimum Gasteiger partial charge on any atom is -0.388 e. The molecular weight excluding hydrogens is 316 g/mol. The standard InChI is InChI=1S/C21H28O4/c1-19-8-5-14(23)11-13(19)3-4-15-16(19)6-9-20(2)17(15)7-10-21(20,25)18(24)12-22/h6,11,15,17,22,25H,3-5,7-10,12H2,1-2H3/t15-,17-,19-,20+,21-/m1/s1. The van der Waals surface area contributed by atoms with Crippen LogP contribution in [-0.4, -0.2) is 34.0 Å². The molecule has 0 aromatic rings. The summed E-state index contributed by atoms with van der Waals surface area (Å²) < 4.78 is 0. The number of allylic oxidation sites excluding steroid dienone is 4. The maximum Gasteiger partial charge on any atom is 0.190 e. The van der Waals surface area contributed by atoms with E-state index in [4.69, 9.17) is 0 Å². The fraction of sp³-hybridized carbons (Fsp3) is 0.714. The van der Waals surface area contributed by atoms with Gasteiger partial charge in [0.25, 0.3) is 0 Å². The van der Waals surface area contributed by atoms with Crippen molar-refractivity contribution in [1.82, 2.24) is 0 Å². The van der Waals surface area contributed by atoms with Crippen LogP contribution in [0, 0.1) is 22.7 Å². The average molecular weight is 344 g/mol. The maximum absolute atomic E-state index is 12.3. The minimum absolute atomic E-state index is 0.0279. The van der Waals surface area contributed by atoms with Gasteiger partial charge in [-0.15, -0.1) is 0 Å². The predicted molar refractivity (Wildman–Crippen MR) is 93.7 cm³/mol. The van der Waals surface area contributed by atoms with Crippen LogP contribution in [0.3, 0.4) is 0 Å². The fourth-order valence-corrected chi connectivity index (χ4v) is 6.46. The van der Waals surface area contributed by atoms with Crippen molar-refractivity contribution >= 4 is 11.6 Å². The summed E-state index contributed by atoms with van der Waals surface area (Å²) in [7, 11) is 0. The quantitative estimate of drug-likeness (QED) is 0.756. The first-order chi connectivity index (χ1) is 11.8. The largest absolute Gasteiger partial charge is 0.388 e. The first-order valence-corrected chi connectivity index (χ1v) is 9.57. The number of hydrogen-bond donors (Lipinski definition) is 2. The number of ketones is 2. The van der Waals surface area contributed by atoms with Crippen LogP contribution < -0.4 is 0 Å². The lowest BCUT2D eigenvalue weighted by Crippen LogP contribution is -2.55. The normalized spacial score (nSPS) is 45.8. The highest BCUT2D eigenvalue weighted by molar-refractivity contribution is 5.92. The van der Waals surface area contributed by atoms with Crippen molar-refractivity contribution in [1.29, 1.82) is 0 Å². The highest BCUT2D eigenvalue weighted by Gasteiger charge is 2.64. The third kappa shape index (κ3) is 2.07. The summed E-state index contributed by atoms with van der Waals surface area (Å²) in [5, 5.41) is 20.5. The van der Waals surface area contributed by atoms with Gasteiger partial charge in [-0.2, -0.15) is 0 Å². The molecule has 0 heterocycles. The Balaban J connectivity index is 1.75. The molecule has 0 aliphatic heterocycles. The van der Waals surface area contributed by atoms with E-state index in [-0.39, 0.29) is 17.1 Å². The van der Waals surface area contributed by atoms with Gasteiger partial charge in [0, 0.05) is 17.3 Å². The smallest absolute Gasteiger partial charge is 0.190 e. The summed E-state index contributed by atoms with van der Waals surface area (Å²) in [6.45, 7) is 3.71. The van der Waals surface area contributed by atoms with Crippen LogP contribution in [0.5, 0.6) is 0 Å². The summed E-state index contributed by atoms with van der Waals surface area (Å²) >= 11 is 0. The van der Waals surface area contributed by atoms with E-state index in [1.54, 1.807) is 0 Å². The molecule has 0 bridgehead atoms. The van der Waals surface area contributed by atoms with E-state index in [9.17, 15) is 19.8 Å². The number of aliphatic hydroxyl groups is 2. The molecule has 0 aromatic heterocycles. The third-order valence-electron chi connectivity index (χ3n) is 8.09. The monoisotopic (exact) mass is 344 g/mol. The Morgan fingerprint density at radius 1 is 1.24 bits per heavy atom. The lowest BCUT2D eigenvalue weighted by Gasteiger charge is -2.54. The van der Waals surface area contributed by atoms with E-state index < -0.39 is 23.4 Å². The molecule has 4 heteroatoms. The van der Waals surface area contributed by atoms with Crippen LogP contribution in [0.1, 0.15) is 58.8 Å². The highest BCUT2D eigenvalue weighted by atomic mass is 16.3. The molecule has 4 rings (SSSR count). The van der Waals surface area contributed by atoms with E-state index in [1.807, 2.05) is 13.0 Å². The van der Waals surface area contributed by atoms with Gasteiger partial charge >= 0.3 is 0 Å². The number of Topliss-reactive ketones (excluding diaryl/α,β-unsaturated/α-hetero) is 1. The molecular formula is C21H28O4. The van der Waals surface area contributed by atoms with Gasteiger partial charge in [-0.1, -0.05) is 31.1 Å². The molecule has 4 nitrogen and oxygen atoms in total. The highest BCUT2D eigenvalue weighted by Crippen LogP contribution is 2.65. The molecule has 25 heavy (non-hydrogen) atoms. The fourth-order valence-electron chi connectivity index (χ4n) is 6.46. The number of carbonyl (C=O) groups is 2. The summed E-state index contributed by atoms with van der Waals surface area (Å²) in [6.07, 6.45) is 9.48. The summed E-state index contributed by atoms with van der Waals surface area (Å²) in [5.41, 5.74) is 0.770. The molecule has 2 saturated carbocycles. The maximum atomic E-state index is 12.3. The Morgan fingerprint density at radius 2 is 2.00 bits per heavy atom. The van der Waals surface area contributed by atoms with Gasteiger partial charge < -0.3 is 10.2 Å². The van der Waals surface area contributed by atoms with Gasteiger partial charge in [-0.25, -0.2) is 0 Å². The van der Waals surface area contributed by atoms with Crippen LogP contribution in [0.2, 0.25) is 0 Å². The van der Waals surface area contributed by atoms with Crippen molar-refractivity contribution in [3.63, 3.8) is 0 Å². The molecule has 0 saturated heterocycles. The van der Waals surface area contributed by atoms with Crippen LogP contribution in [0.15, 0.2) is 23.3 Å². The molecule has 5 atom stereocenters. The second kappa shape index (κ2) is 5.37. The SMILES string of the molecule is C[C@@]12CCC(=O)C=C1CC[C@@H]1C2=CC[C@@]2(C)[C@@H]1CC[C@@]2(O)C(=O)CO. The zero-order valence-electron chi connectivity index (χ0n) is 15.2. The first kappa shape index (κ1) is 17.2. The summed E-state index contributed by atoms with van der Waals surface area (Å²) in [6, 6.07) is 0. The minimum atomic E-state index is -1.41. The molecule has 0 spiro atoms. The van der Waals surface area contributed by atoms with Crippen molar-refractivity contribution in [3.8, 4) is 0 Å². The van der Waals surface area contributed by atoms with Gasteiger partial charge in [0.15, 0.2) is 11.6 Å².